The quantitative estimate of drug-likeness (QED) is 0.830. The molecule has 2 heterocycles. The van der Waals surface area contributed by atoms with Gasteiger partial charge < -0.3 is 5.73 Å². The summed E-state index contributed by atoms with van der Waals surface area (Å²) in [4.78, 5) is 6.68. The van der Waals surface area contributed by atoms with Crippen molar-refractivity contribution in [3.63, 3.8) is 0 Å². The Morgan fingerprint density at radius 2 is 2.06 bits per heavy atom. The van der Waals surface area contributed by atoms with Gasteiger partial charge in [0.05, 0.1) is 0 Å². The third-order valence-electron chi connectivity index (χ3n) is 3.66. The standard InChI is InChI=1S/C13H21N3/c1-10-5-3-6-11(2)16(10)9-12-7-4-8-15-13(12)14/h4,7-8,10-11H,3,5-6,9H2,1-2H3,(H2,14,15). The van der Waals surface area contributed by atoms with Gasteiger partial charge in [-0.3, -0.25) is 4.90 Å². The molecule has 2 N–H and O–H groups in total. The number of piperidine rings is 1. The van der Waals surface area contributed by atoms with E-state index in [4.69, 9.17) is 5.73 Å². The number of rotatable bonds is 2. The molecule has 1 aliphatic heterocycles. The van der Waals surface area contributed by atoms with Gasteiger partial charge in [0.15, 0.2) is 0 Å². The van der Waals surface area contributed by atoms with E-state index in [0.717, 1.165) is 12.1 Å². The van der Waals surface area contributed by atoms with Crippen LogP contribution in [-0.2, 0) is 6.54 Å². The van der Waals surface area contributed by atoms with Crippen molar-refractivity contribution in [2.24, 2.45) is 0 Å². The van der Waals surface area contributed by atoms with E-state index in [0.29, 0.717) is 17.9 Å². The predicted molar refractivity (Wildman–Crippen MR) is 67.0 cm³/mol. The van der Waals surface area contributed by atoms with Crippen LogP contribution in [0.1, 0.15) is 38.7 Å². The fraction of sp³-hybridized carbons (Fsp3) is 0.615. The van der Waals surface area contributed by atoms with Gasteiger partial charge in [-0.15, -0.1) is 0 Å². The number of anilines is 1. The second-order valence-corrected chi connectivity index (χ2v) is 4.85. The highest BCUT2D eigenvalue weighted by Crippen LogP contribution is 2.25. The highest BCUT2D eigenvalue weighted by atomic mass is 15.2. The molecule has 0 saturated carbocycles. The number of nitrogens with zero attached hydrogens (tertiary/aromatic N) is 2. The zero-order chi connectivity index (χ0) is 11.5. The summed E-state index contributed by atoms with van der Waals surface area (Å²) in [5.41, 5.74) is 7.05. The molecule has 2 rings (SSSR count). The Balaban J connectivity index is 2.11. The van der Waals surface area contributed by atoms with E-state index in [1.807, 2.05) is 6.07 Å². The fourth-order valence-corrected chi connectivity index (χ4v) is 2.57. The number of hydrogen-bond acceptors (Lipinski definition) is 3. The first-order chi connectivity index (χ1) is 7.68. The minimum atomic E-state index is 0.656. The van der Waals surface area contributed by atoms with Crippen LogP contribution in [0.2, 0.25) is 0 Å². The summed E-state index contributed by atoms with van der Waals surface area (Å²) in [5, 5.41) is 0. The normalized spacial score (nSPS) is 26.9. The van der Waals surface area contributed by atoms with Crippen LogP contribution in [0.4, 0.5) is 5.82 Å². The summed E-state index contributed by atoms with van der Waals surface area (Å²) >= 11 is 0. The first-order valence-corrected chi connectivity index (χ1v) is 6.13. The summed E-state index contributed by atoms with van der Waals surface area (Å²) in [6.45, 7) is 5.55. The molecule has 0 spiro atoms. The number of aromatic nitrogens is 1. The van der Waals surface area contributed by atoms with Gasteiger partial charge in [0.1, 0.15) is 5.82 Å². The van der Waals surface area contributed by atoms with Gasteiger partial charge in [0, 0.05) is 30.4 Å². The summed E-state index contributed by atoms with van der Waals surface area (Å²) in [6.07, 6.45) is 5.69. The van der Waals surface area contributed by atoms with Crippen LogP contribution in [0.5, 0.6) is 0 Å². The number of nitrogen functional groups attached to an aromatic ring is 1. The second-order valence-electron chi connectivity index (χ2n) is 4.85. The first-order valence-electron chi connectivity index (χ1n) is 6.13. The average Bonchev–Trinajstić information content (AvgIpc) is 2.26. The van der Waals surface area contributed by atoms with Gasteiger partial charge in [-0.25, -0.2) is 4.98 Å². The fourth-order valence-electron chi connectivity index (χ4n) is 2.57. The zero-order valence-corrected chi connectivity index (χ0v) is 10.2. The monoisotopic (exact) mass is 219 g/mol. The molecule has 1 saturated heterocycles. The van der Waals surface area contributed by atoms with E-state index < -0.39 is 0 Å². The lowest BCUT2D eigenvalue weighted by Crippen LogP contribution is -2.43. The Kier molecular flexibility index (Phi) is 3.44. The van der Waals surface area contributed by atoms with E-state index in [1.54, 1.807) is 6.20 Å². The van der Waals surface area contributed by atoms with Crippen LogP contribution < -0.4 is 5.73 Å². The van der Waals surface area contributed by atoms with Gasteiger partial charge in [-0.2, -0.15) is 0 Å². The molecule has 0 amide bonds. The molecule has 1 aliphatic rings. The molecule has 0 aliphatic carbocycles. The topological polar surface area (TPSA) is 42.2 Å². The van der Waals surface area contributed by atoms with Crippen LogP contribution in [0.15, 0.2) is 18.3 Å². The lowest BCUT2D eigenvalue weighted by molar-refractivity contribution is 0.0954. The Bertz CT molecular complexity index is 341. The molecular formula is C13H21N3. The third-order valence-corrected chi connectivity index (χ3v) is 3.66. The van der Waals surface area contributed by atoms with Gasteiger partial charge in [-0.1, -0.05) is 12.5 Å². The minimum absolute atomic E-state index is 0.656. The maximum Gasteiger partial charge on any atom is 0.127 e. The molecule has 2 unspecified atom stereocenters. The van der Waals surface area contributed by atoms with E-state index in [1.165, 1.54) is 19.3 Å². The summed E-state index contributed by atoms with van der Waals surface area (Å²) in [5.74, 6) is 0.674. The lowest BCUT2D eigenvalue weighted by Gasteiger charge is -2.39. The molecule has 16 heavy (non-hydrogen) atoms. The molecule has 1 aromatic rings. The van der Waals surface area contributed by atoms with Crippen LogP contribution in [-0.4, -0.2) is 22.0 Å². The summed E-state index contributed by atoms with van der Waals surface area (Å²) < 4.78 is 0. The second kappa shape index (κ2) is 4.83. The first kappa shape index (κ1) is 11.4. The van der Waals surface area contributed by atoms with Crippen LogP contribution >= 0.6 is 0 Å². The van der Waals surface area contributed by atoms with Crippen molar-refractivity contribution in [1.29, 1.82) is 0 Å². The van der Waals surface area contributed by atoms with E-state index in [-0.39, 0.29) is 0 Å². The lowest BCUT2D eigenvalue weighted by atomic mass is 9.97. The molecule has 0 radical (unpaired) electrons. The molecule has 1 aromatic heterocycles. The molecule has 88 valence electrons. The van der Waals surface area contributed by atoms with Crippen molar-refractivity contribution in [1.82, 2.24) is 9.88 Å². The van der Waals surface area contributed by atoms with Crippen molar-refractivity contribution in [2.75, 3.05) is 5.73 Å². The van der Waals surface area contributed by atoms with E-state index in [2.05, 4.69) is 29.8 Å². The molecule has 3 heteroatoms. The Hall–Kier alpha value is -1.09. The SMILES string of the molecule is CC1CCCC(C)N1Cc1cccnc1N. The molecule has 3 nitrogen and oxygen atoms in total. The third kappa shape index (κ3) is 2.35. The van der Waals surface area contributed by atoms with Crippen LogP contribution in [0.3, 0.4) is 0 Å². The number of hydrogen-bond donors (Lipinski definition) is 1. The maximum absolute atomic E-state index is 5.89. The number of nitrogens with two attached hydrogens (primary N) is 1. The predicted octanol–water partition coefficient (Wildman–Crippen LogP) is 2.43. The zero-order valence-electron chi connectivity index (χ0n) is 10.2. The van der Waals surface area contributed by atoms with Gasteiger partial charge in [0.2, 0.25) is 0 Å². The largest absolute Gasteiger partial charge is 0.383 e. The Labute approximate surface area is 97.7 Å². The highest BCUT2D eigenvalue weighted by Gasteiger charge is 2.24. The van der Waals surface area contributed by atoms with Crippen molar-refractivity contribution >= 4 is 5.82 Å². The smallest absolute Gasteiger partial charge is 0.127 e. The summed E-state index contributed by atoms with van der Waals surface area (Å²) in [6, 6.07) is 5.35. The van der Waals surface area contributed by atoms with Crippen molar-refractivity contribution in [2.45, 2.75) is 51.7 Å². The van der Waals surface area contributed by atoms with Crippen LogP contribution in [0.25, 0.3) is 0 Å². The maximum atomic E-state index is 5.89. The van der Waals surface area contributed by atoms with Crippen molar-refractivity contribution in [3.8, 4) is 0 Å². The molecule has 0 bridgehead atoms. The molecular weight excluding hydrogens is 198 g/mol. The van der Waals surface area contributed by atoms with Gasteiger partial charge in [0.25, 0.3) is 0 Å². The minimum Gasteiger partial charge on any atom is -0.383 e. The Morgan fingerprint density at radius 1 is 1.38 bits per heavy atom. The highest BCUT2D eigenvalue weighted by molar-refractivity contribution is 5.38. The van der Waals surface area contributed by atoms with E-state index >= 15 is 0 Å². The molecule has 1 fully saturated rings. The van der Waals surface area contributed by atoms with Crippen molar-refractivity contribution < 1.29 is 0 Å². The van der Waals surface area contributed by atoms with E-state index in [9.17, 15) is 0 Å². The Morgan fingerprint density at radius 3 is 2.69 bits per heavy atom. The molecule has 2 atom stereocenters. The van der Waals surface area contributed by atoms with Crippen LogP contribution in [0, 0.1) is 0 Å². The number of pyridine rings is 1. The summed E-state index contributed by atoms with van der Waals surface area (Å²) in [7, 11) is 0. The van der Waals surface area contributed by atoms with Crippen molar-refractivity contribution in [3.05, 3.63) is 23.9 Å². The van der Waals surface area contributed by atoms with Gasteiger partial charge >= 0.3 is 0 Å². The van der Waals surface area contributed by atoms with Gasteiger partial charge in [-0.05, 0) is 32.8 Å². The average molecular weight is 219 g/mol. The number of likely N-dealkylation sites (tertiary alicyclic amines) is 1. The molecule has 0 aromatic carbocycles.